The molecule has 0 aliphatic rings. The number of rotatable bonds is 7. The van der Waals surface area contributed by atoms with Gasteiger partial charge in [0, 0.05) is 10.8 Å². The monoisotopic (exact) mass is 436 g/mol. The molecule has 0 heterocycles. The quantitative estimate of drug-likeness (QED) is 0.278. The van der Waals surface area contributed by atoms with Gasteiger partial charge in [-0.3, -0.25) is 4.79 Å². The largest absolute Gasteiger partial charge is 0.497 e. The molecule has 0 N–H and O–H groups in total. The van der Waals surface area contributed by atoms with Crippen molar-refractivity contribution in [3.63, 3.8) is 0 Å². The molecule has 0 aliphatic carbocycles. The molecule has 8 heteroatoms. The Morgan fingerprint density at radius 1 is 0.967 bits per heavy atom. The molecule has 4 nitrogen and oxygen atoms in total. The van der Waals surface area contributed by atoms with Crippen molar-refractivity contribution in [2.75, 3.05) is 13.7 Å². The van der Waals surface area contributed by atoms with Crippen LogP contribution in [0.5, 0.6) is 5.75 Å². The average Bonchev–Trinajstić information content (AvgIpc) is 2.71. The number of Topliss-reactive ketones (excluding diaryl/α,β-unsaturated/α-hetero) is 1. The molecule has 0 unspecified atom stereocenters. The fraction of sp³-hybridized carbons (Fsp3) is 0.273. The summed E-state index contributed by atoms with van der Waals surface area (Å²) in [6, 6.07) is 14.2. The highest BCUT2D eigenvalue weighted by Crippen LogP contribution is 2.35. The number of carbonyl (C=O) groups excluding carboxylic acids is 2. The molecule has 2 aromatic rings. The van der Waals surface area contributed by atoms with Crippen LogP contribution < -0.4 is 9.92 Å². The predicted octanol–water partition coefficient (Wildman–Crippen LogP) is 4.45. The lowest BCUT2D eigenvalue weighted by Gasteiger charge is -2.29. The topological polar surface area (TPSA) is 52.6 Å². The van der Waals surface area contributed by atoms with Crippen LogP contribution in [0.15, 0.2) is 65.4 Å². The van der Waals surface area contributed by atoms with E-state index in [1.165, 1.54) is 38.3 Å². The van der Waals surface area contributed by atoms with Crippen LogP contribution in [0.25, 0.3) is 0 Å². The zero-order valence-electron chi connectivity index (χ0n) is 17.2. The van der Waals surface area contributed by atoms with Gasteiger partial charge in [-0.2, -0.15) is 13.2 Å². The molecule has 2 rings (SSSR count). The van der Waals surface area contributed by atoms with Crippen LogP contribution in [0.3, 0.4) is 0 Å². The van der Waals surface area contributed by atoms with E-state index in [2.05, 4.69) is 0 Å². The Morgan fingerprint density at radius 3 is 2.00 bits per heavy atom. The molecule has 0 amide bonds. The van der Waals surface area contributed by atoms with Crippen molar-refractivity contribution in [2.45, 2.75) is 26.2 Å². The molecular weight excluding hydrogens is 413 g/mol. The third-order valence-corrected chi connectivity index (χ3v) is 8.22. The van der Waals surface area contributed by atoms with Crippen LogP contribution in [-0.4, -0.2) is 39.7 Å². The van der Waals surface area contributed by atoms with Gasteiger partial charge in [-0.15, -0.1) is 0 Å². The van der Waals surface area contributed by atoms with Crippen LogP contribution in [0, 0.1) is 0 Å². The van der Waals surface area contributed by atoms with E-state index in [-0.39, 0.29) is 12.2 Å². The summed E-state index contributed by atoms with van der Waals surface area (Å²) in [4.78, 5) is 25.8. The highest BCUT2D eigenvalue weighted by molar-refractivity contribution is 6.99. The van der Waals surface area contributed by atoms with Gasteiger partial charge < -0.3 is 9.47 Å². The first-order valence-corrected chi connectivity index (χ1v) is 12.3. The van der Waals surface area contributed by atoms with Crippen LogP contribution in [-0.2, 0) is 9.53 Å². The Balaban J connectivity index is 2.82. The van der Waals surface area contributed by atoms with Gasteiger partial charge in [0.15, 0.2) is 5.78 Å². The lowest BCUT2D eigenvalue weighted by atomic mass is 10.1. The normalized spacial score (nSPS) is 12.8. The number of hydrogen-bond acceptors (Lipinski definition) is 4. The molecule has 0 aromatic heterocycles. The van der Waals surface area contributed by atoms with Crippen molar-refractivity contribution >= 4 is 25.0 Å². The van der Waals surface area contributed by atoms with Gasteiger partial charge in [-0.05, 0) is 31.2 Å². The van der Waals surface area contributed by atoms with E-state index in [9.17, 15) is 22.8 Å². The van der Waals surface area contributed by atoms with E-state index >= 15 is 0 Å². The van der Waals surface area contributed by atoms with Gasteiger partial charge in [-0.1, -0.05) is 48.6 Å². The summed E-state index contributed by atoms with van der Waals surface area (Å²) < 4.78 is 52.0. The van der Waals surface area contributed by atoms with Crippen LogP contribution in [0.1, 0.15) is 17.3 Å². The van der Waals surface area contributed by atoms with Gasteiger partial charge in [0.25, 0.3) is 0 Å². The first-order chi connectivity index (χ1) is 14.0. The first kappa shape index (κ1) is 23.4. The highest BCUT2D eigenvalue weighted by atomic mass is 28.3. The Bertz CT molecular complexity index is 933. The lowest BCUT2D eigenvalue weighted by Crippen LogP contribution is -2.49. The second-order valence-electron chi connectivity index (χ2n) is 7.02. The summed E-state index contributed by atoms with van der Waals surface area (Å²) >= 11 is 0. The second-order valence-corrected chi connectivity index (χ2v) is 11.3. The summed E-state index contributed by atoms with van der Waals surface area (Å²) in [6.07, 6.45) is -5.05. The molecule has 0 aliphatic heterocycles. The third-order valence-electron chi connectivity index (χ3n) is 4.71. The lowest BCUT2D eigenvalue weighted by molar-refractivity contribution is -0.150. The molecule has 2 aromatic carbocycles. The predicted molar refractivity (Wildman–Crippen MR) is 111 cm³/mol. The van der Waals surface area contributed by atoms with E-state index in [0.717, 1.165) is 0 Å². The van der Waals surface area contributed by atoms with Gasteiger partial charge in [0.1, 0.15) is 19.4 Å². The molecule has 30 heavy (non-hydrogen) atoms. The number of benzene rings is 2. The van der Waals surface area contributed by atoms with Crippen molar-refractivity contribution in [3.8, 4) is 5.75 Å². The summed E-state index contributed by atoms with van der Waals surface area (Å²) in [6.45, 7) is 4.40. The van der Waals surface area contributed by atoms with E-state index < -0.39 is 36.8 Å². The van der Waals surface area contributed by atoms with Gasteiger partial charge >= 0.3 is 12.1 Å². The van der Waals surface area contributed by atoms with Gasteiger partial charge in [0.2, 0.25) is 0 Å². The van der Waals surface area contributed by atoms with E-state index in [1.54, 1.807) is 43.4 Å². The molecule has 0 atom stereocenters. The number of allylic oxidation sites excluding steroid dienone is 1. The Morgan fingerprint density at radius 2 is 1.53 bits per heavy atom. The van der Waals surface area contributed by atoms with E-state index in [0.29, 0.717) is 10.9 Å². The summed E-state index contributed by atoms with van der Waals surface area (Å²) in [5, 5.41) is 0.0535. The second kappa shape index (κ2) is 9.29. The third kappa shape index (κ3) is 4.99. The summed E-state index contributed by atoms with van der Waals surface area (Å²) in [5.74, 6) is -1.94. The van der Waals surface area contributed by atoms with Crippen molar-refractivity contribution < 1.29 is 32.2 Å². The maximum atomic E-state index is 14.1. The molecule has 0 fully saturated rings. The molecule has 0 saturated carbocycles. The molecule has 0 radical (unpaired) electrons. The maximum absolute atomic E-state index is 14.1. The first-order valence-electron chi connectivity index (χ1n) is 9.27. The number of carbonyl (C=O) groups is 2. The minimum atomic E-state index is -5.05. The molecular formula is C22H23F3O4Si. The van der Waals surface area contributed by atoms with Crippen molar-refractivity contribution in [1.29, 1.82) is 0 Å². The Labute approximate surface area is 174 Å². The number of esters is 1. The summed E-state index contributed by atoms with van der Waals surface area (Å²) in [7, 11) is -1.82. The minimum absolute atomic E-state index is 0.0355. The SMILES string of the molecule is CCOC(=O)/C(=C(/C(=O)c1ccc(OC)cc1)[Si](C)(C)c1ccccc1)C(F)(F)F. The maximum Gasteiger partial charge on any atom is 0.423 e. The van der Waals surface area contributed by atoms with Crippen molar-refractivity contribution in [2.24, 2.45) is 0 Å². The van der Waals surface area contributed by atoms with Crippen molar-refractivity contribution in [1.82, 2.24) is 0 Å². The molecule has 160 valence electrons. The number of methoxy groups -OCH3 is 1. The zero-order valence-corrected chi connectivity index (χ0v) is 18.2. The van der Waals surface area contributed by atoms with E-state index in [1.807, 2.05) is 0 Å². The number of alkyl halides is 3. The molecule has 0 bridgehead atoms. The van der Waals surface area contributed by atoms with Crippen LogP contribution in [0.2, 0.25) is 13.1 Å². The van der Waals surface area contributed by atoms with Crippen LogP contribution >= 0.6 is 0 Å². The number of ketones is 1. The zero-order chi connectivity index (χ0) is 22.5. The minimum Gasteiger partial charge on any atom is -0.497 e. The number of hydrogen-bond donors (Lipinski definition) is 0. The van der Waals surface area contributed by atoms with Crippen molar-refractivity contribution in [3.05, 3.63) is 70.9 Å². The Hall–Kier alpha value is -2.87. The number of ether oxygens (including phenoxy) is 2. The number of halogens is 3. The smallest absolute Gasteiger partial charge is 0.423 e. The van der Waals surface area contributed by atoms with E-state index in [4.69, 9.17) is 9.47 Å². The fourth-order valence-electron chi connectivity index (χ4n) is 3.16. The molecule has 0 spiro atoms. The molecule has 0 saturated heterocycles. The summed E-state index contributed by atoms with van der Waals surface area (Å²) in [5.41, 5.74) is -1.50. The highest BCUT2D eigenvalue weighted by Gasteiger charge is 2.48. The fourth-order valence-corrected chi connectivity index (χ4v) is 6.05. The van der Waals surface area contributed by atoms with Gasteiger partial charge in [0.05, 0.1) is 13.7 Å². The average molecular weight is 437 g/mol. The van der Waals surface area contributed by atoms with Gasteiger partial charge in [-0.25, -0.2) is 4.79 Å². The Kier molecular flexibility index (Phi) is 7.25. The van der Waals surface area contributed by atoms with Crippen LogP contribution in [0.4, 0.5) is 13.2 Å². The standard InChI is InChI=1S/C22H23F3O4Si/c1-5-29-21(27)18(22(23,24)25)20(30(3,4)17-9-7-6-8-10-17)19(26)15-11-13-16(28-2)14-12-15/h6-14H,5H2,1-4H3/b20-18+.